The molecular weight excluding hydrogens is 178 g/mol. The number of unbranched alkanes of at least 4 members (excludes halogenated alkanes) is 3. The highest BCUT2D eigenvalue weighted by Crippen LogP contribution is 1.98. The molecule has 1 aromatic heterocycles. The first kappa shape index (κ1) is 11.2. The molecule has 0 saturated carbocycles. The van der Waals surface area contributed by atoms with Crippen LogP contribution >= 0.6 is 0 Å². The average Bonchev–Trinajstić information content (AvgIpc) is 2.54. The molecule has 0 aliphatic rings. The van der Waals surface area contributed by atoms with Crippen LogP contribution in [0.25, 0.3) is 0 Å². The quantitative estimate of drug-likeness (QED) is 0.542. The molecule has 80 valence electrons. The van der Waals surface area contributed by atoms with Gasteiger partial charge < -0.3 is 5.11 Å². The Morgan fingerprint density at radius 1 is 1.43 bits per heavy atom. The van der Waals surface area contributed by atoms with E-state index in [1.807, 2.05) is 17.9 Å². The minimum absolute atomic E-state index is 0.0610. The van der Waals surface area contributed by atoms with Gasteiger partial charge >= 0.3 is 0 Å². The van der Waals surface area contributed by atoms with Crippen molar-refractivity contribution in [2.24, 2.45) is 7.05 Å². The van der Waals surface area contributed by atoms with Gasteiger partial charge in [0.25, 0.3) is 0 Å². The highest BCUT2D eigenvalue weighted by atomic mass is 16.3. The molecule has 1 rings (SSSR count). The molecule has 1 aromatic rings. The summed E-state index contributed by atoms with van der Waals surface area (Å²) in [5.74, 6) is 0. The summed E-state index contributed by atoms with van der Waals surface area (Å²) in [5.41, 5.74) is 0.862. The Labute approximate surface area is 85.2 Å². The summed E-state index contributed by atoms with van der Waals surface area (Å²) in [7, 11) is 1.86. The van der Waals surface area contributed by atoms with Crippen LogP contribution in [-0.4, -0.2) is 15.0 Å². The third-order valence-corrected chi connectivity index (χ3v) is 2.37. The smallest absolute Gasteiger partial charge is 0.192 e. The van der Waals surface area contributed by atoms with Gasteiger partial charge in [-0.25, -0.2) is 0 Å². The Morgan fingerprint density at radius 3 is 2.79 bits per heavy atom. The Kier molecular flexibility index (Phi) is 4.59. The number of aliphatic hydroxyl groups is 1. The number of aromatic nitrogens is 3. The van der Waals surface area contributed by atoms with Crippen LogP contribution in [-0.2, 0) is 20.2 Å². The van der Waals surface area contributed by atoms with E-state index in [1.165, 1.54) is 25.7 Å². The largest absolute Gasteiger partial charge is 0.388 e. The van der Waals surface area contributed by atoms with Gasteiger partial charge in [0.1, 0.15) is 20.2 Å². The summed E-state index contributed by atoms with van der Waals surface area (Å²) in [5, 5.41) is 13.2. The number of rotatable bonds is 6. The van der Waals surface area contributed by atoms with Crippen LogP contribution in [0, 0.1) is 0 Å². The second-order valence-electron chi connectivity index (χ2n) is 3.62. The lowest BCUT2D eigenvalue weighted by molar-refractivity contribution is -0.755. The van der Waals surface area contributed by atoms with Crippen LogP contribution in [0.5, 0.6) is 0 Å². The number of nitrogens with zero attached hydrogens (tertiary/aromatic N) is 3. The van der Waals surface area contributed by atoms with Gasteiger partial charge in [-0.3, -0.25) is 0 Å². The fourth-order valence-electron chi connectivity index (χ4n) is 1.46. The highest BCUT2D eigenvalue weighted by Gasteiger charge is 2.10. The summed E-state index contributed by atoms with van der Waals surface area (Å²) in [6.07, 6.45) is 6.88. The molecule has 14 heavy (non-hydrogen) atoms. The molecule has 0 atom stereocenters. The highest BCUT2D eigenvalue weighted by molar-refractivity contribution is 4.85. The van der Waals surface area contributed by atoms with E-state index in [2.05, 4.69) is 12.1 Å². The molecule has 0 bridgehead atoms. The fraction of sp³-hybridized carbons (Fsp3) is 0.800. The van der Waals surface area contributed by atoms with Crippen molar-refractivity contribution in [3.05, 3.63) is 11.9 Å². The summed E-state index contributed by atoms with van der Waals surface area (Å²) in [6.45, 7) is 3.22. The molecular formula is C10H20N3O+. The first-order valence-corrected chi connectivity index (χ1v) is 5.31. The summed E-state index contributed by atoms with van der Waals surface area (Å²) >= 11 is 0. The molecule has 0 aromatic carbocycles. The van der Waals surface area contributed by atoms with Gasteiger partial charge in [0.05, 0.1) is 5.21 Å². The Hall–Kier alpha value is -0.900. The van der Waals surface area contributed by atoms with Crippen molar-refractivity contribution in [2.75, 3.05) is 0 Å². The molecule has 4 nitrogen and oxygen atoms in total. The van der Waals surface area contributed by atoms with E-state index in [4.69, 9.17) is 5.11 Å². The molecule has 0 radical (unpaired) electrons. The average molecular weight is 198 g/mol. The number of hydrogen-bond donors (Lipinski definition) is 1. The number of hydrogen-bond acceptors (Lipinski definition) is 2. The van der Waals surface area contributed by atoms with Gasteiger partial charge in [0.15, 0.2) is 11.9 Å². The topological polar surface area (TPSA) is 41.9 Å². The monoisotopic (exact) mass is 198 g/mol. The molecule has 0 amide bonds. The van der Waals surface area contributed by atoms with E-state index in [0.717, 1.165) is 12.2 Å². The van der Waals surface area contributed by atoms with Gasteiger partial charge in [0, 0.05) is 0 Å². The van der Waals surface area contributed by atoms with E-state index in [1.54, 1.807) is 4.68 Å². The molecule has 0 unspecified atom stereocenters. The van der Waals surface area contributed by atoms with Crippen molar-refractivity contribution in [1.29, 1.82) is 0 Å². The predicted octanol–water partition coefficient (Wildman–Crippen LogP) is 0.780. The third kappa shape index (κ3) is 3.10. The van der Waals surface area contributed by atoms with Gasteiger partial charge in [-0.1, -0.05) is 19.8 Å². The Bertz CT molecular complexity index is 270. The predicted molar refractivity (Wildman–Crippen MR) is 53.5 cm³/mol. The number of aliphatic hydroxyl groups excluding tert-OH is 1. The normalized spacial score (nSPS) is 10.8. The second-order valence-corrected chi connectivity index (χ2v) is 3.62. The Balaban J connectivity index is 2.35. The third-order valence-electron chi connectivity index (χ3n) is 2.37. The van der Waals surface area contributed by atoms with Crippen LogP contribution in [0.4, 0.5) is 0 Å². The molecule has 4 heteroatoms. The first-order valence-electron chi connectivity index (χ1n) is 5.31. The SMILES string of the molecule is CCCCCC[n+]1cc(CO)n(C)n1. The van der Waals surface area contributed by atoms with Crippen LogP contribution in [0.15, 0.2) is 6.20 Å². The zero-order valence-corrected chi connectivity index (χ0v) is 9.11. The molecule has 0 aliphatic carbocycles. The standard InChI is InChI=1S/C10H20N3O/c1-3-4-5-6-7-13-8-10(9-14)12(2)11-13/h8,14H,3-7,9H2,1-2H3/q+1. The Morgan fingerprint density at radius 2 is 2.21 bits per heavy atom. The second kappa shape index (κ2) is 5.75. The number of aryl methyl sites for hydroxylation is 2. The minimum Gasteiger partial charge on any atom is -0.388 e. The summed E-state index contributed by atoms with van der Waals surface area (Å²) < 4.78 is 3.63. The van der Waals surface area contributed by atoms with Gasteiger partial charge in [0.2, 0.25) is 0 Å². The zero-order chi connectivity index (χ0) is 10.4. The van der Waals surface area contributed by atoms with E-state index in [-0.39, 0.29) is 6.61 Å². The van der Waals surface area contributed by atoms with E-state index >= 15 is 0 Å². The summed E-state index contributed by atoms with van der Waals surface area (Å²) in [6, 6.07) is 0. The maximum atomic E-state index is 8.97. The van der Waals surface area contributed by atoms with Crippen molar-refractivity contribution in [1.82, 2.24) is 9.90 Å². The van der Waals surface area contributed by atoms with Crippen molar-refractivity contribution < 1.29 is 9.79 Å². The van der Waals surface area contributed by atoms with Crippen LogP contribution in [0.3, 0.4) is 0 Å². The minimum atomic E-state index is 0.0610. The zero-order valence-electron chi connectivity index (χ0n) is 9.11. The van der Waals surface area contributed by atoms with E-state index < -0.39 is 0 Å². The molecule has 0 saturated heterocycles. The lowest BCUT2D eigenvalue weighted by atomic mass is 10.2. The lowest BCUT2D eigenvalue weighted by Crippen LogP contribution is -2.35. The van der Waals surface area contributed by atoms with Crippen molar-refractivity contribution in [3.8, 4) is 0 Å². The van der Waals surface area contributed by atoms with Crippen molar-refractivity contribution in [3.63, 3.8) is 0 Å². The maximum absolute atomic E-state index is 8.97. The van der Waals surface area contributed by atoms with Crippen molar-refractivity contribution >= 4 is 0 Å². The van der Waals surface area contributed by atoms with Crippen LogP contribution in [0.2, 0.25) is 0 Å². The molecule has 1 N–H and O–H groups in total. The van der Waals surface area contributed by atoms with E-state index in [0.29, 0.717) is 0 Å². The molecule has 0 fully saturated rings. The molecule has 0 spiro atoms. The molecule has 0 aliphatic heterocycles. The van der Waals surface area contributed by atoms with E-state index in [9.17, 15) is 0 Å². The van der Waals surface area contributed by atoms with Crippen LogP contribution in [0.1, 0.15) is 38.3 Å². The van der Waals surface area contributed by atoms with Gasteiger partial charge in [-0.2, -0.15) is 0 Å². The van der Waals surface area contributed by atoms with Crippen LogP contribution < -0.4 is 4.68 Å². The lowest BCUT2D eigenvalue weighted by Gasteiger charge is -1.93. The van der Waals surface area contributed by atoms with Gasteiger partial charge in [-0.15, -0.1) is 9.36 Å². The van der Waals surface area contributed by atoms with Crippen molar-refractivity contribution in [2.45, 2.75) is 45.8 Å². The maximum Gasteiger partial charge on any atom is 0.192 e. The molecule has 1 heterocycles. The van der Waals surface area contributed by atoms with Gasteiger partial charge in [-0.05, 0) is 12.8 Å². The fourth-order valence-corrected chi connectivity index (χ4v) is 1.46. The first-order chi connectivity index (χ1) is 6.77. The summed E-state index contributed by atoms with van der Waals surface area (Å²) in [4.78, 5) is 0.